The summed E-state index contributed by atoms with van der Waals surface area (Å²) in [4.78, 5) is 9.59. The van der Waals surface area contributed by atoms with Gasteiger partial charge in [-0.15, -0.1) is 0 Å². The van der Waals surface area contributed by atoms with Crippen LogP contribution in [0.25, 0.3) is 0 Å². The smallest absolute Gasteiger partial charge is 0.131 e. The highest BCUT2D eigenvalue weighted by atomic mass is 15.2. The van der Waals surface area contributed by atoms with Crippen LogP contribution in [0.15, 0.2) is 12.3 Å². The van der Waals surface area contributed by atoms with Crippen molar-refractivity contribution in [3.63, 3.8) is 0 Å². The van der Waals surface area contributed by atoms with Gasteiger partial charge in [-0.05, 0) is 50.6 Å². The van der Waals surface area contributed by atoms with Gasteiger partial charge in [0, 0.05) is 38.9 Å². The van der Waals surface area contributed by atoms with Crippen molar-refractivity contribution >= 4 is 5.82 Å². The maximum absolute atomic E-state index is 4.68. The molecule has 0 amide bonds. The first-order valence-corrected chi connectivity index (χ1v) is 7.71. The molecule has 0 radical (unpaired) electrons. The van der Waals surface area contributed by atoms with Crippen molar-refractivity contribution in [1.29, 1.82) is 0 Å². The van der Waals surface area contributed by atoms with E-state index in [-0.39, 0.29) is 0 Å². The zero-order chi connectivity index (χ0) is 14.5. The topological polar surface area (TPSA) is 31.4 Å². The SMILES string of the molecule is CCN1CCC(N(C)c2ncc(CNC)cc2C)CC1. The third-order valence-corrected chi connectivity index (χ3v) is 4.37. The second-order valence-electron chi connectivity index (χ2n) is 5.79. The summed E-state index contributed by atoms with van der Waals surface area (Å²) < 4.78 is 0. The fourth-order valence-electron chi connectivity index (χ4n) is 3.09. The van der Waals surface area contributed by atoms with Crippen LogP contribution in [-0.4, -0.2) is 49.7 Å². The number of anilines is 1. The molecular formula is C16H28N4. The number of aryl methyl sites for hydroxylation is 1. The van der Waals surface area contributed by atoms with Crippen molar-refractivity contribution in [2.45, 2.75) is 39.3 Å². The van der Waals surface area contributed by atoms with Crippen molar-refractivity contribution < 1.29 is 0 Å². The van der Waals surface area contributed by atoms with Crippen LogP contribution in [-0.2, 0) is 6.54 Å². The van der Waals surface area contributed by atoms with Crippen molar-refractivity contribution in [2.75, 3.05) is 38.6 Å². The molecule has 0 bridgehead atoms. The highest BCUT2D eigenvalue weighted by Crippen LogP contribution is 2.23. The van der Waals surface area contributed by atoms with Crippen molar-refractivity contribution in [3.05, 3.63) is 23.4 Å². The van der Waals surface area contributed by atoms with Crippen LogP contribution in [0.2, 0.25) is 0 Å². The number of likely N-dealkylation sites (tertiary alicyclic amines) is 1. The lowest BCUT2D eigenvalue weighted by atomic mass is 10.0. The maximum Gasteiger partial charge on any atom is 0.131 e. The van der Waals surface area contributed by atoms with Gasteiger partial charge in [0.2, 0.25) is 0 Å². The summed E-state index contributed by atoms with van der Waals surface area (Å²) in [6.45, 7) is 8.89. The van der Waals surface area contributed by atoms with Crippen LogP contribution in [0.5, 0.6) is 0 Å². The van der Waals surface area contributed by atoms with E-state index >= 15 is 0 Å². The lowest BCUT2D eigenvalue weighted by molar-refractivity contribution is 0.220. The van der Waals surface area contributed by atoms with Gasteiger partial charge in [0.1, 0.15) is 5.82 Å². The molecule has 0 aromatic carbocycles. The van der Waals surface area contributed by atoms with Crippen LogP contribution < -0.4 is 10.2 Å². The standard InChI is InChI=1S/C16H28N4/c1-5-20-8-6-15(7-9-20)19(4)16-13(2)10-14(11-17-3)12-18-16/h10,12,15,17H,5-9,11H2,1-4H3. The van der Waals surface area contributed by atoms with E-state index < -0.39 is 0 Å². The van der Waals surface area contributed by atoms with E-state index in [1.54, 1.807) is 0 Å². The Kier molecular flexibility index (Phi) is 5.38. The van der Waals surface area contributed by atoms with Crippen LogP contribution in [0.1, 0.15) is 30.9 Å². The van der Waals surface area contributed by atoms with E-state index in [0.29, 0.717) is 6.04 Å². The first kappa shape index (κ1) is 15.3. The minimum absolute atomic E-state index is 0.624. The van der Waals surface area contributed by atoms with E-state index in [0.717, 1.165) is 12.4 Å². The number of piperidine rings is 1. The van der Waals surface area contributed by atoms with Gasteiger partial charge >= 0.3 is 0 Å². The maximum atomic E-state index is 4.68. The summed E-state index contributed by atoms with van der Waals surface area (Å²) in [5.74, 6) is 1.14. The summed E-state index contributed by atoms with van der Waals surface area (Å²) in [6, 6.07) is 2.87. The van der Waals surface area contributed by atoms with E-state index in [1.165, 1.54) is 43.6 Å². The highest BCUT2D eigenvalue weighted by Gasteiger charge is 2.23. The van der Waals surface area contributed by atoms with Crippen LogP contribution >= 0.6 is 0 Å². The lowest BCUT2D eigenvalue weighted by Gasteiger charge is -2.37. The first-order valence-electron chi connectivity index (χ1n) is 7.71. The monoisotopic (exact) mass is 276 g/mol. The summed E-state index contributed by atoms with van der Waals surface area (Å²) in [5, 5.41) is 3.18. The van der Waals surface area contributed by atoms with Gasteiger partial charge in [-0.3, -0.25) is 0 Å². The van der Waals surface area contributed by atoms with Crippen LogP contribution in [0.4, 0.5) is 5.82 Å². The lowest BCUT2D eigenvalue weighted by Crippen LogP contribution is -2.43. The number of nitrogens with zero attached hydrogens (tertiary/aromatic N) is 3. The van der Waals surface area contributed by atoms with Crippen LogP contribution in [0, 0.1) is 6.92 Å². The van der Waals surface area contributed by atoms with Gasteiger partial charge in [0.15, 0.2) is 0 Å². The summed E-state index contributed by atoms with van der Waals surface area (Å²) in [7, 11) is 4.16. The Morgan fingerprint density at radius 2 is 2.10 bits per heavy atom. The Bertz CT molecular complexity index is 424. The van der Waals surface area contributed by atoms with Crippen molar-refractivity contribution in [1.82, 2.24) is 15.2 Å². The molecule has 0 aliphatic carbocycles. The van der Waals surface area contributed by atoms with Gasteiger partial charge < -0.3 is 15.1 Å². The van der Waals surface area contributed by atoms with Crippen LogP contribution in [0.3, 0.4) is 0 Å². The number of hydrogen-bond acceptors (Lipinski definition) is 4. The van der Waals surface area contributed by atoms with E-state index in [9.17, 15) is 0 Å². The van der Waals surface area contributed by atoms with Gasteiger partial charge in [-0.1, -0.05) is 6.92 Å². The molecule has 1 aliphatic heterocycles. The molecule has 1 aromatic rings. The fraction of sp³-hybridized carbons (Fsp3) is 0.688. The van der Waals surface area contributed by atoms with Gasteiger partial charge in [-0.25, -0.2) is 4.98 Å². The zero-order valence-electron chi connectivity index (χ0n) is 13.3. The second-order valence-corrected chi connectivity index (χ2v) is 5.79. The highest BCUT2D eigenvalue weighted by molar-refractivity contribution is 5.47. The molecule has 1 N–H and O–H groups in total. The Morgan fingerprint density at radius 1 is 1.40 bits per heavy atom. The molecule has 1 aliphatic rings. The molecule has 4 heteroatoms. The normalized spacial score (nSPS) is 17.4. The quantitative estimate of drug-likeness (QED) is 0.891. The minimum Gasteiger partial charge on any atom is -0.356 e. The Balaban J connectivity index is 2.03. The Labute approximate surface area is 123 Å². The molecule has 0 atom stereocenters. The first-order chi connectivity index (χ1) is 9.65. The fourth-order valence-corrected chi connectivity index (χ4v) is 3.09. The van der Waals surface area contributed by atoms with E-state index in [2.05, 4.69) is 47.1 Å². The molecule has 0 saturated carbocycles. The third-order valence-electron chi connectivity index (χ3n) is 4.37. The minimum atomic E-state index is 0.624. The number of nitrogens with one attached hydrogen (secondary N) is 1. The third kappa shape index (κ3) is 3.49. The van der Waals surface area contributed by atoms with Crippen molar-refractivity contribution in [3.8, 4) is 0 Å². The van der Waals surface area contributed by atoms with Crippen molar-refractivity contribution in [2.24, 2.45) is 0 Å². The summed E-state index contributed by atoms with van der Waals surface area (Å²) in [6.07, 6.45) is 4.48. The Morgan fingerprint density at radius 3 is 2.65 bits per heavy atom. The Hall–Kier alpha value is -1.13. The number of pyridine rings is 1. The molecule has 112 valence electrons. The molecule has 0 spiro atoms. The predicted octanol–water partition coefficient (Wildman–Crippen LogP) is 2.03. The molecule has 0 unspecified atom stereocenters. The molecule has 2 heterocycles. The number of rotatable bonds is 5. The largest absolute Gasteiger partial charge is 0.356 e. The van der Waals surface area contributed by atoms with Gasteiger partial charge in [-0.2, -0.15) is 0 Å². The average Bonchev–Trinajstić information content (AvgIpc) is 2.47. The molecule has 1 aromatic heterocycles. The van der Waals surface area contributed by atoms with Gasteiger partial charge in [0.25, 0.3) is 0 Å². The molecule has 1 fully saturated rings. The molecule has 4 nitrogen and oxygen atoms in total. The predicted molar refractivity (Wildman–Crippen MR) is 85.3 cm³/mol. The number of hydrogen-bond donors (Lipinski definition) is 1. The van der Waals surface area contributed by atoms with Gasteiger partial charge in [0.05, 0.1) is 0 Å². The zero-order valence-corrected chi connectivity index (χ0v) is 13.3. The molecule has 20 heavy (non-hydrogen) atoms. The average molecular weight is 276 g/mol. The molecular weight excluding hydrogens is 248 g/mol. The molecule has 2 rings (SSSR count). The van der Waals surface area contributed by atoms with E-state index in [1.807, 2.05) is 13.2 Å². The second kappa shape index (κ2) is 7.04. The summed E-state index contributed by atoms with van der Waals surface area (Å²) >= 11 is 0. The molecule has 1 saturated heterocycles. The number of aromatic nitrogens is 1. The summed E-state index contributed by atoms with van der Waals surface area (Å²) in [5.41, 5.74) is 2.53. The van der Waals surface area contributed by atoms with E-state index in [4.69, 9.17) is 0 Å².